The van der Waals surface area contributed by atoms with Crippen LogP contribution in [0.4, 0.5) is 13.2 Å². The molecule has 0 spiro atoms. The summed E-state index contributed by atoms with van der Waals surface area (Å²) in [6.45, 7) is 2.08. The molecule has 3 rings (SSSR count). The van der Waals surface area contributed by atoms with E-state index in [1.54, 1.807) is 6.92 Å². The van der Waals surface area contributed by atoms with E-state index in [1.165, 1.54) is 23.5 Å². The molecule has 1 heterocycles. The highest BCUT2D eigenvalue weighted by Gasteiger charge is 2.35. The second kappa shape index (κ2) is 6.76. The molecule has 0 saturated heterocycles. The van der Waals surface area contributed by atoms with E-state index in [9.17, 15) is 23.1 Å². The van der Waals surface area contributed by atoms with Gasteiger partial charge in [0.25, 0.3) is 0 Å². The van der Waals surface area contributed by atoms with E-state index in [0.29, 0.717) is 17.1 Å². The first kappa shape index (κ1) is 17.9. The van der Waals surface area contributed by atoms with Crippen LogP contribution in [0.1, 0.15) is 31.0 Å². The van der Waals surface area contributed by atoms with Gasteiger partial charge in [-0.1, -0.05) is 12.1 Å². The molecule has 1 aromatic carbocycles. The molecule has 1 aliphatic carbocycles. The van der Waals surface area contributed by atoms with Crippen molar-refractivity contribution in [1.82, 2.24) is 9.88 Å². The van der Waals surface area contributed by atoms with E-state index in [1.807, 2.05) is 10.3 Å². The highest BCUT2D eigenvalue weighted by atomic mass is 32.1. The zero-order chi connectivity index (χ0) is 18.2. The summed E-state index contributed by atoms with van der Waals surface area (Å²) in [6, 6.07) is 4.57. The van der Waals surface area contributed by atoms with Crippen LogP contribution < -0.4 is 0 Å². The molecule has 134 valence electrons. The number of hydrogen-bond acceptors (Lipinski definition) is 4. The molecule has 0 aliphatic heterocycles. The molecule has 0 bridgehead atoms. The van der Waals surface area contributed by atoms with Gasteiger partial charge in [0.15, 0.2) is 0 Å². The van der Waals surface area contributed by atoms with Crippen molar-refractivity contribution >= 4 is 17.3 Å². The molecule has 1 aliphatic rings. The predicted molar refractivity (Wildman–Crippen MR) is 88.2 cm³/mol. The molecule has 8 heteroatoms. The number of rotatable bonds is 6. The van der Waals surface area contributed by atoms with Gasteiger partial charge in [0.05, 0.1) is 11.3 Å². The number of benzene rings is 1. The number of alkyl halides is 3. The van der Waals surface area contributed by atoms with Gasteiger partial charge in [-0.2, -0.15) is 13.2 Å². The summed E-state index contributed by atoms with van der Waals surface area (Å²) >= 11 is 1.34. The van der Waals surface area contributed by atoms with E-state index in [4.69, 9.17) is 0 Å². The van der Waals surface area contributed by atoms with Gasteiger partial charge < -0.3 is 5.11 Å². The van der Waals surface area contributed by atoms with Crippen LogP contribution in [0.15, 0.2) is 29.6 Å². The minimum Gasteiger partial charge on any atom is -0.480 e. The molecule has 4 nitrogen and oxygen atoms in total. The quantitative estimate of drug-likeness (QED) is 0.825. The first-order valence-corrected chi connectivity index (χ1v) is 8.74. The average molecular weight is 370 g/mol. The van der Waals surface area contributed by atoms with Gasteiger partial charge in [-0.3, -0.25) is 9.69 Å². The van der Waals surface area contributed by atoms with Crippen LogP contribution in [-0.2, 0) is 17.5 Å². The second-order valence-corrected chi connectivity index (χ2v) is 6.99. The first-order chi connectivity index (χ1) is 11.8. The lowest BCUT2D eigenvalue weighted by atomic mass is 10.1. The number of hydrogen-bond donors (Lipinski definition) is 1. The van der Waals surface area contributed by atoms with Gasteiger partial charge in [-0.05, 0) is 31.9 Å². The molecule has 1 atom stereocenters. The number of aromatic nitrogens is 1. The lowest BCUT2D eigenvalue weighted by Gasteiger charge is -2.25. The van der Waals surface area contributed by atoms with Crippen LogP contribution in [0.3, 0.4) is 0 Å². The maximum absolute atomic E-state index is 12.6. The minimum absolute atomic E-state index is 0.266. The summed E-state index contributed by atoms with van der Waals surface area (Å²) in [7, 11) is 0. The Morgan fingerprint density at radius 1 is 1.36 bits per heavy atom. The second-order valence-electron chi connectivity index (χ2n) is 6.14. The Balaban J connectivity index is 1.74. The number of carbonyl (C=O) groups is 1. The van der Waals surface area contributed by atoms with E-state index in [-0.39, 0.29) is 6.04 Å². The predicted octanol–water partition coefficient (Wildman–Crippen LogP) is 4.27. The van der Waals surface area contributed by atoms with Crippen molar-refractivity contribution in [3.63, 3.8) is 0 Å². The largest absolute Gasteiger partial charge is 0.480 e. The fraction of sp³-hybridized carbons (Fsp3) is 0.412. The maximum atomic E-state index is 12.6. The van der Waals surface area contributed by atoms with Crippen LogP contribution in [-0.4, -0.2) is 33.0 Å². The Morgan fingerprint density at radius 2 is 2.00 bits per heavy atom. The van der Waals surface area contributed by atoms with Crippen molar-refractivity contribution in [2.24, 2.45) is 0 Å². The van der Waals surface area contributed by atoms with E-state index >= 15 is 0 Å². The third-order valence-electron chi connectivity index (χ3n) is 4.23. The fourth-order valence-electron chi connectivity index (χ4n) is 2.63. The molecule has 25 heavy (non-hydrogen) atoms. The standard InChI is InChI=1S/C17H17F3N2O2S/c1-10(16(23)24)22(14-6-7-14)8-13-9-25-15(21-13)11-2-4-12(5-3-11)17(18,19)20/h2-5,9-10,14H,6-8H2,1H3,(H,23,24). The summed E-state index contributed by atoms with van der Waals surface area (Å²) in [5, 5.41) is 11.7. The third-order valence-corrected chi connectivity index (χ3v) is 5.17. The smallest absolute Gasteiger partial charge is 0.416 e. The van der Waals surface area contributed by atoms with Crippen molar-refractivity contribution in [3.05, 3.63) is 40.9 Å². The summed E-state index contributed by atoms with van der Waals surface area (Å²) in [6.07, 6.45) is -2.40. The molecule has 0 amide bonds. The van der Waals surface area contributed by atoms with Gasteiger partial charge in [-0.25, -0.2) is 4.98 Å². The summed E-state index contributed by atoms with van der Waals surface area (Å²) in [4.78, 5) is 17.6. The van der Waals surface area contributed by atoms with E-state index in [2.05, 4.69) is 4.98 Å². The molecule has 1 N–H and O–H groups in total. The Morgan fingerprint density at radius 3 is 2.52 bits per heavy atom. The topological polar surface area (TPSA) is 53.4 Å². The van der Waals surface area contributed by atoms with Crippen molar-refractivity contribution in [2.45, 2.75) is 44.6 Å². The zero-order valence-electron chi connectivity index (χ0n) is 13.5. The molecule has 0 radical (unpaired) electrons. The van der Waals surface area contributed by atoms with Gasteiger partial charge in [-0.15, -0.1) is 11.3 Å². The lowest BCUT2D eigenvalue weighted by Crippen LogP contribution is -2.40. The van der Waals surface area contributed by atoms with Gasteiger partial charge in [0.2, 0.25) is 0 Å². The maximum Gasteiger partial charge on any atom is 0.416 e. The SMILES string of the molecule is CC(C(=O)O)N(Cc1csc(-c2ccc(C(F)(F)F)cc2)n1)C1CC1. The molecule has 1 unspecified atom stereocenters. The normalized spacial score (nSPS) is 16.2. The van der Waals surface area contributed by atoms with E-state index in [0.717, 1.165) is 30.7 Å². The zero-order valence-corrected chi connectivity index (χ0v) is 14.3. The Kier molecular flexibility index (Phi) is 4.83. The lowest BCUT2D eigenvalue weighted by molar-refractivity contribution is -0.143. The van der Waals surface area contributed by atoms with Crippen LogP contribution in [0, 0.1) is 0 Å². The van der Waals surface area contributed by atoms with Crippen molar-refractivity contribution in [1.29, 1.82) is 0 Å². The minimum atomic E-state index is -4.36. The average Bonchev–Trinajstić information content (AvgIpc) is 3.29. The highest BCUT2D eigenvalue weighted by molar-refractivity contribution is 7.13. The van der Waals surface area contributed by atoms with Crippen LogP contribution in [0.25, 0.3) is 10.6 Å². The summed E-state index contributed by atoms with van der Waals surface area (Å²) in [5.41, 5.74) is 0.664. The number of aliphatic carboxylic acids is 1. The number of carboxylic acids is 1. The molecular formula is C17H17F3N2O2S. The number of nitrogens with zero attached hydrogens (tertiary/aromatic N) is 2. The Bertz CT molecular complexity index is 754. The van der Waals surface area contributed by atoms with Crippen molar-refractivity contribution in [2.75, 3.05) is 0 Å². The molecule has 1 saturated carbocycles. The number of halogens is 3. The van der Waals surface area contributed by atoms with Crippen LogP contribution in [0.5, 0.6) is 0 Å². The van der Waals surface area contributed by atoms with Crippen molar-refractivity contribution in [3.8, 4) is 10.6 Å². The Hall–Kier alpha value is -1.93. The molecular weight excluding hydrogens is 353 g/mol. The highest BCUT2D eigenvalue weighted by Crippen LogP contribution is 2.33. The van der Waals surface area contributed by atoms with E-state index < -0.39 is 23.8 Å². The van der Waals surface area contributed by atoms with Gasteiger partial charge >= 0.3 is 12.1 Å². The molecule has 2 aromatic rings. The van der Waals surface area contributed by atoms with Crippen molar-refractivity contribution < 1.29 is 23.1 Å². The third kappa shape index (κ3) is 4.19. The van der Waals surface area contributed by atoms with Gasteiger partial charge in [0.1, 0.15) is 11.0 Å². The van der Waals surface area contributed by atoms with Crippen LogP contribution >= 0.6 is 11.3 Å². The monoisotopic (exact) mass is 370 g/mol. The fourth-order valence-corrected chi connectivity index (χ4v) is 3.45. The Labute approximate surface area is 146 Å². The first-order valence-electron chi connectivity index (χ1n) is 7.86. The summed E-state index contributed by atoms with van der Waals surface area (Å²) in [5.74, 6) is -0.870. The number of thiazole rings is 1. The van der Waals surface area contributed by atoms with Crippen LogP contribution in [0.2, 0.25) is 0 Å². The number of carboxylic acid groups (broad SMARTS) is 1. The molecule has 1 fully saturated rings. The molecule has 1 aromatic heterocycles. The van der Waals surface area contributed by atoms with Gasteiger partial charge in [0, 0.05) is 23.5 Å². The summed E-state index contributed by atoms with van der Waals surface area (Å²) < 4.78 is 37.9.